The standard InChI is InChI=1S/C20H29N5O/c1-3-24-11-10-22-19(24)14-25(13-16-17(26)5-4-15(2)23-16)18-12-20(18)6-8-21-9-7-20/h4-5,10-11,18,21,26H,3,6-9,12-14H2,1-2H3/t18-/m0/s1. The Hall–Kier alpha value is -1.92. The Morgan fingerprint density at radius 3 is 2.88 bits per heavy atom. The minimum Gasteiger partial charge on any atom is -0.506 e. The smallest absolute Gasteiger partial charge is 0.138 e. The number of hydrogen-bond donors (Lipinski definition) is 2. The number of piperidine rings is 1. The van der Waals surface area contributed by atoms with E-state index in [1.807, 2.05) is 25.4 Å². The fraction of sp³-hybridized carbons (Fsp3) is 0.600. The average molecular weight is 355 g/mol. The highest BCUT2D eigenvalue weighted by atomic mass is 16.3. The van der Waals surface area contributed by atoms with Gasteiger partial charge in [0.25, 0.3) is 0 Å². The van der Waals surface area contributed by atoms with Crippen molar-refractivity contribution < 1.29 is 5.11 Å². The van der Waals surface area contributed by atoms with Crippen LogP contribution in [0.5, 0.6) is 5.75 Å². The SMILES string of the molecule is CCn1ccnc1CN(Cc1nc(C)ccc1O)[C@H]1CC12CCNCC2. The quantitative estimate of drug-likeness (QED) is 0.833. The van der Waals surface area contributed by atoms with Gasteiger partial charge in [-0.2, -0.15) is 0 Å². The zero-order chi connectivity index (χ0) is 18.1. The number of pyridine rings is 1. The Morgan fingerprint density at radius 2 is 2.12 bits per heavy atom. The van der Waals surface area contributed by atoms with Crippen LogP contribution < -0.4 is 5.32 Å². The van der Waals surface area contributed by atoms with E-state index < -0.39 is 0 Å². The molecular formula is C20H29N5O. The summed E-state index contributed by atoms with van der Waals surface area (Å²) in [4.78, 5) is 11.7. The van der Waals surface area contributed by atoms with Gasteiger partial charge >= 0.3 is 0 Å². The number of rotatable bonds is 6. The van der Waals surface area contributed by atoms with Crippen molar-refractivity contribution in [2.75, 3.05) is 13.1 Å². The summed E-state index contributed by atoms with van der Waals surface area (Å²) in [5.41, 5.74) is 2.16. The highest BCUT2D eigenvalue weighted by Gasteiger charge is 2.56. The van der Waals surface area contributed by atoms with Crippen LogP contribution in [-0.2, 0) is 19.6 Å². The van der Waals surface area contributed by atoms with E-state index >= 15 is 0 Å². The van der Waals surface area contributed by atoms with Crippen molar-refractivity contribution in [3.63, 3.8) is 0 Å². The van der Waals surface area contributed by atoms with Gasteiger partial charge in [-0.1, -0.05) is 0 Å². The molecule has 1 saturated carbocycles. The first-order chi connectivity index (χ1) is 12.6. The highest BCUT2D eigenvalue weighted by Crippen LogP contribution is 2.56. The third-order valence-electron chi connectivity index (χ3n) is 6.12. The van der Waals surface area contributed by atoms with Gasteiger partial charge in [0.1, 0.15) is 11.6 Å². The summed E-state index contributed by atoms with van der Waals surface area (Å²) >= 11 is 0. The van der Waals surface area contributed by atoms with Crippen LogP contribution >= 0.6 is 0 Å². The molecule has 2 fully saturated rings. The number of nitrogens with one attached hydrogen (secondary N) is 1. The van der Waals surface area contributed by atoms with Crippen molar-refractivity contribution in [2.45, 2.75) is 58.8 Å². The molecule has 2 N–H and O–H groups in total. The number of aromatic nitrogens is 3. The molecule has 0 unspecified atom stereocenters. The van der Waals surface area contributed by atoms with E-state index in [9.17, 15) is 5.11 Å². The molecule has 2 aromatic heterocycles. The minimum absolute atomic E-state index is 0.291. The van der Waals surface area contributed by atoms with Gasteiger partial charge in [-0.05, 0) is 63.7 Å². The molecule has 4 rings (SSSR count). The molecule has 0 bridgehead atoms. The van der Waals surface area contributed by atoms with Gasteiger partial charge in [0.15, 0.2) is 0 Å². The minimum atomic E-state index is 0.291. The molecule has 26 heavy (non-hydrogen) atoms. The van der Waals surface area contributed by atoms with Crippen molar-refractivity contribution in [2.24, 2.45) is 5.41 Å². The first-order valence-electron chi connectivity index (χ1n) is 9.71. The Balaban J connectivity index is 1.58. The molecule has 1 aliphatic heterocycles. The molecule has 2 aromatic rings. The summed E-state index contributed by atoms with van der Waals surface area (Å²) in [6.45, 7) is 8.75. The monoisotopic (exact) mass is 355 g/mol. The number of hydrogen-bond acceptors (Lipinski definition) is 5. The molecule has 1 saturated heterocycles. The van der Waals surface area contributed by atoms with Crippen molar-refractivity contribution in [3.8, 4) is 5.75 Å². The molecule has 2 aliphatic rings. The first-order valence-corrected chi connectivity index (χ1v) is 9.71. The lowest BCUT2D eigenvalue weighted by Crippen LogP contribution is -2.36. The van der Waals surface area contributed by atoms with E-state index in [0.717, 1.165) is 43.4 Å². The van der Waals surface area contributed by atoms with Crippen LogP contribution in [0.4, 0.5) is 0 Å². The Morgan fingerprint density at radius 1 is 1.31 bits per heavy atom. The third-order valence-corrected chi connectivity index (χ3v) is 6.12. The van der Waals surface area contributed by atoms with Crippen LogP contribution in [0.15, 0.2) is 24.5 Å². The van der Waals surface area contributed by atoms with Crippen LogP contribution in [0.1, 0.15) is 43.4 Å². The van der Waals surface area contributed by atoms with Crippen molar-refractivity contribution in [1.82, 2.24) is 24.8 Å². The first kappa shape index (κ1) is 17.5. The van der Waals surface area contributed by atoms with Gasteiger partial charge in [-0.15, -0.1) is 0 Å². The summed E-state index contributed by atoms with van der Waals surface area (Å²) in [5, 5.41) is 13.8. The van der Waals surface area contributed by atoms with E-state index in [4.69, 9.17) is 0 Å². The number of nitrogens with zero attached hydrogens (tertiary/aromatic N) is 4. The molecule has 1 aliphatic carbocycles. The maximum atomic E-state index is 10.3. The van der Waals surface area contributed by atoms with Crippen LogP contribution in [0.3, 0.4) is 0 Å². The summed E-state index contributed by atoms with van der Waals surface area (Å²) in [5.74, 6) is 1.38. The number of aryl methyl sites for hydroxylation is 2. The molecule has 140 valence electrons. The lowest BCUT2D eigenvalue weighted by Gasteiger charge is -2.29. The molecule has 1 spiro atoms. The third kappa shape index (κ3) is 3.35. The van der Waals surface area contributed by atoms with Gasteiger partial charge in [-0.25, -0.2) is 4.98 Å². The van der Waals surface area contributed by atoms with E-state index in [1.54, 1.807) is 6.07 Å². The number of imidazole rings is 1. The van der Waals surface area contributed by atoms with Crippen molar-refractivity contribution in [1.29, 1.82) is 0 Å². The lowest BCUT2D eigenvalue weighted by atomic mass is 9.93. The Bertz CT molecular complexity index is 765. The second-order valence-corrected chi connectivity index (χ2v) is 7.79. The van der Waals surface area contributed by atoms with Crippen LogP contribution in [0, 0.1) is 12.3 Å². The molecule has 0 amide bonds. The molecule has 0 radical (unpaired) electrons. The summed E-state index contributed by atoms with van der Waals surface area (Å²) in [6.07, 6.45) is 7.65. The fourth-order valence-corrected chi connectivity index (χ4v) is 4.45. The predicted octanol–water partition coefficient (Wildman–Crippen LogP) is 2.46. The number of aromatic hydroxyl groups is 1. The maximum absolute atomic E-state index is 10.3. The van der Waals surface area contributed by atoms with Crippen molar-refractivity contribution >= 4 is 0 Å². The van der Waals surface area contributed by atoms with Gasteiger partial charge in [0.2, 0.25) is 0 Å². The van der Waals surface area contributed by atoms with Crippen LogP contribution in [-0.4, -0.2) is 43.7 Å². The molecule has 1 atom stereocenters. The summed E-state index contributed by atoms with van der Waals surface area (Å²) in [6, 6.07) is 4.17. The second-order valence-electron chi connectivity index (χ2n) is 7.79. The fourth-order valence-electron chi connectivity index (χ4n) is 4.45. The van der Waals surface area contributed by atoms with E-state index in [0.29, 0.717) is 23.8 Å². The highest BCUT2D eigenvalue weighted by molar-refractivity contribution is 5.28. The zero-order valence-electron chi connectivity index (χ0n) is 15.8. The van der Waals surface area contributed by atoms with E-state index in [1.165, 1.54) is 19.3 Å². The zero-order valence-corrected chi connectivity index (χ0v) is 15.8. The second kappa shape index (κ2) is 7.00. The maximum Gasteiger partial charge on any atom is 0.138 e. The topological polar surface area (TPSA) is 66.2 Å². The van der Waals surface area contributed by atoms with Crippen LogP contribution in [0.25, 0.3) is 0 Å². The van der Waals surface area contributed by atoms with E-state index in [2.05, 4.69) is 31.7 Å². The van der Waals surface area contributed by atoms with Gasteiger partial charge in [0, 0.05) is 37.2 Å². The van der Waals surface area contributed by atoms with Crippen molar-refractivity contribution in [3.05, 3.63) is 41.7 Å². The molecule has 0 aromatic carbocycles. The van der Waals surface area contributed by atoms with Gasteiger partial charge in [0.05, 0.1) is 12.2 Å². The van der Waals surface area contributed by atoms with E-state index in [-0.39, 0.29) is 0 Å². The molecular weight excluding hydrogens is 326 g/mol. The predicted molar refractivity (Wildman–Crippen MR) is 101 cm³/mol. The lowest BCUT2D eigenvalue weighted by molar-refractivity contribution is 0.178. The van der Waals surface area contributed by atoms with Crippen LogP contribution in [0.2, 0.25) is 0 Å². The molecule has 6 heteroatoms. The molecule has 3 heterocycles. The van der Waals surface area contributed by atoms with Gasteiger partial charge in [-0.3, -0.25) is 9.88 Å². The Labute approximate surface area is 155 Å². The molecule has 6 nitrogen and oxygen atoms in total. The summed E-state index contributed by atoms with van der Waals surface area (Å²) < 4.78 is 2.20. The summed E-state index contributed by atoms with van der Waals surface area (Å²) in [7, 11) is 0. The Kier molecular flexibility index (Phi) is 4.71. The average Bonchev–Trinajstić information content (AvgIpc) is 3.13. The normalized spacial score (nSPS) is 21.4. The largest absolute Gasteiger partial charge is 0.506 e. The van der Waals surface area contributed by atoms with Gasteiger partial charge < -0.3 is 15.0 Å².